The number of carbonyl (C=O) groups is 2. The maximum atomic E-state index is 14.0. The molecule has 2 fully saturated rings. The summed E-state index contributed by atoms with van der Waals surface area (Å²) in [5.41, 5.74) is 4.38. The van der Waals surface area contributed by atoms with Gasteiger partial charge in [0.25, 0.3) is 11.8 Å². The number of aromatic nitrogens is 8. The lowest BCUT2D eigenvalue weighted by molar-refractivity contribution is -0.139. The third kappa shape index (κ3) is 15.3. The number of hydrogen-bond acceptors (Lipinski definition) is 16. The summed E-state index contributed by atoms with van der Waals surface area (Å²) >= 11 is 0. The van der Waals surface area contributed by atoms with E-state index in [1.54, 1.807) is 75.3 Å². The quantitative estimate of drug-likeness (QED) is 0.0750. The summed E-state index contributed by atoms with van der Waals surface area (Å²) in [5.74, 6) is -0.725. The molecule has 0 bridgehead atoms. The zero-order chi connectivity index (χ0) is 58.0. The first-order valence-corrected chi connectivity index (χ1v) is 26.1. The number of nitrogens with zero attached hydrogens (tertiary/aromatic N) is 12. The van der Waals surface area contributed by atoms with E-state index in [1.807, 2.05) is 48.2 Å². The molecule has 0 saturated carbocycles. The zero-order valence-corrected chi connectivity index (χ0v) is 45.2. The van der Waals surface area contributed by atoms with E-state index in [0.29, 0.717) is 83.6 Å². The lowest BCUT2D eigenvalue weighted by Gasteiger charge is -2.33. The smallest absolute Gasteiger partial charge is 0.322 e. The number of alkyl halides is 6. The molecule has 0 spiro atoms. The van der Waals surface area contributed by atoms with Crippen LogP contribution < -0.4 is 21.3 Å². The van der Waals surface area contributed by atoms with E-state index in [9.17, 15) is 35.9 Å². The topological polar surface area (TPSA) is 198 Å². The van der Waals surface area contributed by atoms with Gasteiger partial charge in [-0.3, -0.25) is 39.3 Å². The average Bonchev–Trinajstić information content (AvgIpc) is 3.55. The standard InChI is InChI=1S/2C29H29F3N8O/c2*1-19-26(38-28-34-9-7-25(37-28)21-4-3-8-33-16-21)15-23(17-35-19)36-27(41)20-5-6-22(24(14-20)29(30,31)32)18-40-12-10-39(2)11-13-40/h2*3-9,14-17H,10-13,18H2,1-2H3,(H,36,41)(H,34,37,38). The molecule has 8 aromatic rings. The van der Waals surface area contributed by atoms with Crippen LogP contribution >= 0.6 is 0 Å². The molecule has 18 nitrogen and oxygen atoms in total. The van der Waals surface area contributed by atoms with Gasteiger partial charge in [-0.25, -0.2) is 19.9 Å². The Bertz CT molecular complexity index is 3270. The van der Waals surface area contributed by atoms with E-state index in [-0.39, 0.29) is 35.3 Å². The molecule has 424 valence electrons. The van der Waals surface area contributed by atoms with Gasteiger partial charge in [-0.05, 0) is 112 Å². The van der Waals surface area contributed by atoms with Crippen molar-refractivity contribution < 1.29 is 35.9 Å². The summed E-state index contributed by atoms with van der Waals surface area (Å²) in [4.78, 5) is 68.7. The molecule has 24 heteroatoms. The Morgan fingerprint density at radius 2 is 0.902 bits per heavy atom. The predicted octanol–water partition coefficient (Wildman–Crippen LogP) is 10.0. The van der Waals surface area contributed by atoms with Crippen molar-refractivity contribution in [2.45, 2.75) is 39.3 Å². The molecule has 2 amide bonds. The number of hydrogen-bond donors (Lipinski definition) is 4. The normalized spacial score (nSPS) is 14.6. The van der Waals surface area contributed by atoms with Crippen molar-refractivity contribution in [3.8, 4) is 22.5 Å². The van der Waals surface area contributed by atoms with Crippen LogP contribution in [-0.4, -0.2) is 138 Å². The molecule has 0 radical (unpaired) electrons. The number of carbonyl (C=O) groups excluding carboxylic acids is 2. The van der Waals surface area contributed by atoms with Crippen LogP contribution in [0.1, 0.15) is 54.4 Å². The fraction of sp³-hybridized carbons (Fsp3) is 0.276. The van der Waals surface area contributed by atoms with Gasteiger partial charge in [0.1, 0.15) is 0 Å². The van der Waals surface area contributed by atoms with Crippen molar-refractivity contribution >= 4 is 46.5 Å². The Morgan fingerprint density at radius 1 is 0.500 bits per heavy atom. The lowest BCUT2D eigenvalue weighted by atomic mass is 10.0. The highest BCUT2D eigenvalue weighted by atomic mass is 19.4. The van der Waals surface area contributed by atoms with Crippen LogP contribution in [0.25, 0.3) is 22.5 Å². The predicted molar refractivity (Wildman–Crippen MR) is 299 cm³/mol. The van der Waals surface area contributed by atoms with Crippen molar-refractivity contribution in [3.05, 3.63) is 179 Å². The van der Waals surface area contributed by atoms with Gasteiger partial charge in [0.15, 0.2) is 0 Å². The number of pyridine rings is 4. The van der Waals surface area contributed by atoms with Crippen molar-refractivity contribution in [3.63, 3.8) is 0 Å². The molecule has 0 unspecified atom stereocenters. The molecular formula is C58H58F6N16O2. The van der Waals surface area contributed by atoms with E-state index in [4.69, 9.17) is 0 Å². The van der Waals surface area contributed by atoms with E-state index >= 15 is 0 Å². The fourth-order valence-corrected chi connectivity index (χ4v) is 9.02. The van der Waals surface area contributed by atoms with Crippen LogP contribution in [0.15, 0.2) is 135 Å². The third-order valence-electron chi connectivity index (χ3n) is 13.7. The molecule has 8 heterocycles. The van der Waals surface area contributed by atoms with E-state index in [0.717, 1.165) is 49.4 Å². The van der Waals surface area contributed by atoms with Crippen LogP contribution in [-0.2, 0) is 25.4 Å². The number of anilines is 6. The van der Waals surface area contributed by atoms with Crippen molar-refractivity contribution in [2.24, 2.45) is 0 Å². The Hall–Kier alpha value is -8.84. The minimum absolute atomic E-state index is 0.0953. The Balaban J connectivity index is 0.000000198. The molecule has 6 aromatic heterocycles. The molecule has 0 atom stereocenters. The minimum Gasteiger partial charge on any atom is -0.322 e. The fourth-order valence-electron chi connectivity index (χ4n) is 9.02. The van der Waals surface area contributed by atoms with Crippen LogP contribution in [0.5, 0.6) is 0 Å². The van der Waals surface area contributed by atoms with Crippen molar-refractivity contribution in [2.75, 3.05) is 87.7 Å². The van der Waals surface area contributed by atoms with E-state index < -0.39 is 35.3 Å². The van der Waals surface area contributed by atoms with Crippen molar-refractivity contribution in [1.29, 1.82) is 0 Å². The number of likely N-dealkylation sites (N-methyl/N-ethyl adjacent to an activating group) is 2. The third-order valence-corrected chi connectivity index (χ3v) is 13.7. The van der Waals surface area contributed by atoms with Gasteiger partial charge in [-0.15, -0.1) is 0 Å². The first kappa shape index (κ1) is 57.8. The Labute approximate surface area is 469 Å². The van der Waals surface area contributed by atoms with Gasteiger partial charge in [-0.1, -0.05) is 12.1 Å². The SMILES string of the molecule is Cc1ncc(NC(=O)c2ccc(CN3CCN(C)CC3)c(C(F)(F)F)c2)cc1Nc1nccc(-c2cccnc2)n1.Cc1ncc(NC(=O)c2ccc(CN3CCN(C)CC3)c(C(F)(F)F)c2)cc1Nc1nccc(-c2cccnc2)n1. The highest BCUT2D eigenvalue weighted by Gasteiger charge is 2.36. The lowest BCUT2D eigenvalue weighted by Crippen LogP contribution is -2.44. The highest BCUT2D eigenvalue weighted by molar-refractivity contribution is 6.05. The van der Waals surface area contributed by atoms with Gasteiger partial charge in [-0.2, -0.15) is 26.3 Å². The zero-order valence-electron chi connectivity index (χ0n) is 45.2. The molecule has 2 aliphatic rings. The highest BCUT2D eigenvalue weighted by Crippen LogP contribution is 2.36. The maximum absolute atomic E-state index is 14.0. The number of rotatable bonds is 14. The first-order valence-electron chi connectivity index (χ1n) is 26.1. The second-order valence-electron chi connectivity index (χ2n) is 19.8. The first-order chi connectivity index (χ1) is 39.3. The molecular weight excluding hydrogens is 1070 g/mol. The molecule has 2 aliphatic heterocycles. The summed E-state index contributed by atoms with van der Waals surface area (Å²) in [6, 6.07) is 21.6. The molecule has 2 saturated heterocycles. The Morgan fingerprint density at radius 3 is 1.27 bits per heavy atom. The van der Waals surface area contributed by atoms with Crippen molar-refractivity contribution in [1.82, 2.24) is 59.5 Å². The van der Waals surface area contributed by atoms with Crippen LogP contribution in [0.3, 0.4) is 0 Å². The Kier molecular flexibility index (Phi) is 18.1. The van der Waals surface area contributed by atoms with Crippen LogP contribution in [0, 0.1) is 13.8 Å². The monoisotopic (exact) mass is 1120 g/mol. The van der Waals surface area contributed by atoms with Gasteiger partial charge in [0, 0.05) is 125 Å². The summed E-state index contributed by atoms with van der Waals surface area (Å²) in [6.45, 7) is 9.82. The molecule has 0 aliphatic carbocycles. The molecule has 2 aromatic carbocycles. The molecule has 4 N–H and O–H groups in total. The number of aryl methyl sites for hydroxylation is 2. The second-order valence-corrected chi connectivity index (χ2v) is 19.8. The second kappa shape index (κ2) is 25.7. The molecule has 10 rings (SSSR count). The molecule has 82 heavy (non-hydrogen) atoms. The van der Waals surface area contributed by atoms with Gasteiger partial charge < -0.3 is 31.1 Å². The summed E-state index contributed by atoms with van der Waals surface area (Å²) in [5, 5.41) is 11.5. The number of piperazine rings is 2. The number of amides is 2. The van der Waals surface area contributed by atoms with Gasteiger partial charge >= 0.3 is 12.4 Å². The number of halogens is 6. The summed E-state index contributed by atoms with van der Waals surface area (Å²) < 4.78 is 83.9. The number of benzene rings is 2. The van der Waals surface area contributed by atoms with Gasteiger partial charge in [0.2, 0.25) is 11.9 Å². The summed E-state index contributed by atoms with van der Waals surface area (Å²) in [7, 11) is 3.98. The van der Waals surface area contributed by atoms with Gasteiger partial charge in [0.05, 0.1) is 69.0 Å². The van der Waals surface area contributed by atoms with Crippen LogP contribution in [0.4, 0.5) is 61.0 Å². The summed E-state index contributed by atoms with van der Waals surface area (Å²) in [6.07, 6.45) is 3.65. The minimum atomic E-state index is -4.59. The maximum Gasteiger partial charge on any atom is 0.416 e. The average molecular weight is 1130 g/mol. The largest absolute Gasteiger partial charge is 0.416 e. The van der Waals surface area contributed by atoms with E-state index in [1.165, 1.54) is 36.7 Å². The van der Waals surface area contributed by atoms with E-state index in [2.05, 4.69) is 70.9 Å². The number of nitrogens with one attached hydrogen (secondary N) is 4. The van der Waals surface area contributed by atoms with Crippen LogP contribution in [0.2, 0.25) is 0 Å².